The third-order valence-corrected chi connectivity index (χ3v) is 10.0. The summed E-state index contributed by atoms with van der Waals surface area (Å²) in [4.78, 5) is 33.0. The molecule has 0 radical (unpaired) electrons. The van der Waals surface area contributed by atoms with Gasteiger partial charge in [-0.05, 0) is 66.8 Å². The number of methoxy groups -OCH3 is 1. The maximum atomic E-state index is 12.5. The van der Waals surface area contributed by atoms with Crippen molar-refractivity contribution in [2.75, 3.05) is 17.7 Å². The molecule has 0 fully saturated rings. The Morgan fingerprint density at radius 3 is 1.96 bits per heavy atom. The topological polar surface area (TPSA) is 355 Å². The van der Waals surface area contributed by atoms with Gasteiger partial charge in [0.2, 0.25) is 11.9 Å². The average molecular weight is 820 g/mol. The van der Waals surface area contributed by atoms with Crippen molar-refractivity contribution in [3.8, 4) is 11.8 Å². The Morgan fingerprint density at radius 1 is 0.764 bits per heavy atom. The van der Waals surface area contributed by atoms with Crippen LogP contribution in [0.5, 0.6) is 11.8 Å². The molecule has 5 rings (SSSR count). The summed E-state index contributed by atoms with van der Waals surface area (Å²) in [5.41, 5.74) is -3.11. The van der Waals surface area contributed by atoms with Crippen molar-refractivity contribution in [3.63, 3.8) is 0 Å². The van der Waals surface area contributed by atoms with Crippen LogP contribution < -0.4 is 15.4 Å². The number of aryl methyl sites for hydroxylation is 2. The molecular formula is C30H25N7O15S3. The van der Waals surface area contributed by atoms with Crippen LogP contribution in [0.1, 0.15) is 31.8 Å². The summed E-state index contributed by atoms with van der Waals surface area (Å²) in [7, 11) is -14.1. The van der Waals surface area contributed by atoms with Crippen LogP contribution in [0.2, 0.25) is 0 Å². The van der Waals surface area contributed by atoms with E-state index in [1.807, 2.05) is 0 Å². The second kappa shape index (κ2) is 14.5. The van der Waals surface area contributed by atoms with Gasteiger partial charge in [0.25, 0.3) is 30.4 Å². The van der Waals surface area contributed by atoms with Crippen LogP contribution in [0.4, 0.5) is 34.6 Å². The zero-order valence-corrected chi connectivity index (χ0v) is 30.4. The highest BCUT2D eigenvalue weighted by Crippen LogP contribution is 2.46. The molecule has 8 N–H and O–H groups in total. The summed E-state index contributed by atoms with van der Waals surface area (Å²) < 4.78 is 109. The van der Waals surface area contributed by atoms with E-state index in [9.17, 15) is 63.8 Å². The Morgan fingerprint density at radius 2 is 1.40 bits per heavy atom. The van der Waals surface area contributed by atoms with Gasteiger partial charge in [-0.1, -0.05) is 12.1 Å². The van der Waals surface area contributed by atoms with Gasteiger partial charge in [0.1, 0.15) is 26.7 Å². The molecule has 5 aromatic rings. The van der Waals surface area contributed by atoms with E-state index >= 15 is 0 Å². The SMILES string of the molecule is COc1nc(Nc2c(C)cc(C)cc2S(=O)(=O)O)nc(Nc2cc(S(=O)(=O)O)cc3cc(S(=O)(=O)O)c(N=Nc4cccc(C(=O)O)c4C(=O)O)c(O)c23)n1. The Kier molecular flexibility index (Phi) is 10.5. The second-order valence-electron chi connectivity index (χ2n) is 11.3. The maximum absolute atomic E-state index is 12.5. The molecule has 288 valence electrons. The van der Waals surface area contributed by atoms with Gasteiger partial charge in [-0.25, -0.2) is 9.59 Å². The van der Waals surface area contributed by atoms with Gasteiger partial charge in [0.15, 0.2) is 5.75 Å². The number of hydrogen-bond acceptors (Lipinski definition) is 17. The number of aromatic nitrogens is 3. The first kappa shape index (κ1) is 39.8. The molecule has 0 saturated carbocycles. The number of phenolic OH excluding ortho intramolecular Hbond substituents is 1. The largest absolute Gasteiger partial charge is 0.505 e. The second-order valence-corrected chi connectivity index (χ2v) is 15.5. The number of rotatable bonds is 12. The standard InChI is InChI=1S/C30H25N7O15S3/c1-12-7-13(2)23(19(8-12)54(46,47)48)32-29-33-28(34-30(35-29)52-3)31-18-11-15(53(43,44)45)9-14-10-20(55(49,50)51)24(25(38)21(14)18)37-36-17-6-4-5-16(26(39)40)22(17)27(41)42/h4-11,38H,1-3H3,(H,39,40)(H,41,42)(H,43,44,45)(H,46,47,48)(H,49,50,51)(H2,31,32,33,34,35). The van der Waals surface area contributed by atoms with Gasteiger partial charge in [0.05, 0.1) is 28.9 Å². The Hall–Kier alpha value is -6.38. The summed E-state index contributed by atoms with van der Waals surface area (Å²) in [6.07, 6.45) is 0. The van der Waals surface area contributed by atoms with Gasteiger partial charge in [0, 0.05) is 5.39 Å². The van der Waals surface area contributed by atoms with Crippen LogP contribution >= 0.6 is 0 Å². The lowest BCUT2D eigenvalue weighted by atomic mass is 10.1. The van der Waals surface area contributed by atoms with Crippen molar-refractivity contribution in [3.05, 3.63) is 70.8 Å². The molecular weight excluding hydrogens is 795 g/mol. The van der Waals surface area contributed by atoms with E-state index in [0.717, 1.165) is 31.4 Å². The monoisotopic (exact) mass is 819 g/mol. The van der Waals surface area contributed by atoms with Gasteiger partial charge in [-0.15, -0.1) is 10.2 Å². The number of nitrogens with zero attached hydrogens (tertiary/aromatic N) is 5. The summed E-state index contributed by atoms with van der Waals surface area (Å²) in [5, 5.41) is 42.1. The van der Waals surface area contributed by atoms with E-state index in [2.05, 4.69) is 35.8 Å². The van der Waals surface area contributed by atoms with Gasteiger partial charge < -0.3 is 30.7 Å². The molecule has 55 heavy (non-hydrogen) atoms. The summed E-state index contributed by atoms with van der Waals surface area (Å²) in [5.74, 6) is -5.49. The molecule has 0 aliphatic rings. The van der Waals surface area contributed by atoms with Gasteiger partial charge in [-0.2, -0.15) is 40.2 Å². The summed E-state index contributed by atoms with van der Waals surface area (Å²) >= 11 is 0. The minimum absolute atomic E-state index is 0.156. The summed E-state index contributed by atoms with van der Waals surface area (Å²) in [6, 6.07) is 7.44. The lowest BCUT2D eigenvalue weighted by Crippen LogP contribution is -2.10. The number of aromatic carboxylic acids is 2. The Labute approximate surface area is 309 Å². The molecule has 0 aliphatic heterocycles. The molecule has 0 amide bonds. The molecule has 0 unspecified atom stereocenters. The predicted molar refractivity (Wildman–Crippen MR) is 188 cm³/mol. The first-order valence-electron chi connectivity index (χ1n) is 14.7. The van der Waals surface area contributed by atoms with Crippen LogP contribution in [-0.2, 0) is 30.4 Å². The minimum atomic E-state index is -5.36. The smallest absolute Gasteiger partial charge is 0.338 e. The predicted octanol–water partition coefficient (Wildman–Crippen LogP) is 4.39. The number of phenols is 1. The maximum Gasteiger partial charge on any atom is 0.338 e. The van der Waals surface area contributed by atoms with Crippen molar-refractivity contribution in [1.29, 1.82) is 0 Å². The average Bonchev–Trinajstić information content (AvgIpc) is 3.06. The van der Waals surface area contributed by atoms with E-state index in [0.29, 0.717) is 23.3 Å². The Balaban J connectivity index is 1.75. The number of anilines is 4. The molecule has 25 heteroatoms. The van der Waals surface area contributed by atoms with Crippen LogP contribution in [0.3, 0.4) is 0 Å². The lowest BCUT2D eigenvalue weighted by molar-refractivity contribution is 0.0652. The van der Waals surface area contributed by atoms with Crippen molar-refractivity contribution >= 4 is 87.7 Å². The molecule has 22 nitrogen and oxygen atoms in total. The number of carboxylic acids is 2. The number of hydrogen-bond donors (Lipinski definition) is 8. The fourth-order valence-electron chi connectivity index (χ4n) is 5.22. The lowest BCUT2D eigenvalue weighted by Gasteiger charge is -2.16. The van der Waals surface area contributed by atoms with Gasteiger partial charge >= 0.3 is 17.9 Å². The van der Waals surface area contributed by atoms with Gasteiger partial charge in [-0.3, -0.25) is 13.7 Å². The Bertz CT molecular complexity index is 2830. The third kappa shape index (κ3) is 8.40. The highest BCUT2D eigenvalue weighted by Gasteiger charge is 2.27. The third-order valence-electron chi connectivity index (χ3n) is 7.45. The molecule has 0 spiro atoms. The number of ether oxygens (including phenoxy) is 1. The molecule has 4 aromatic carbocycles. The number of azo groups is 1. The number of aromatic hydroxyl groups is 1. The van der Waals surface area contributed by atoms with E-state index in [1.54, 1.807) is 13.0 Å². The quantitative estimate of drug-likeness (QED) is 0.0638. The molecule has 0 aliphatic carbocycles. The highest BCUT2D eigenvalue weighted by atomic mass is 32.2. The normalized spacial score (nSPS) is 12.2. The van der Waals surface area contributed by atoms with Crippen molar-refractivity contribution in [2.24, 2.45) is 10.2 Å². The van der Waals surface area contributed by atoms with Crippen molar-refractivity contribution < 1.29 is 68.6 Å². The van der Waals surface area contributed by atoms with E-state index in [1.165, 1.54) is 13.0 Å². The first-order valence-corrected chi connectivity index (χ1v) is 19.0. The van der Waals surface area contributed by atoms with Crippen molar-refractivity contribution in [2.45, 2.75) is 28.5 Å². The number of fused-ring (bicyclic) bond motifs is 1. The molecule has 0 saturated heterocycles. The van der Waals surface area contributed by atoms with E-state index < -0.39 is 120 Å². The van der Waals surface area contributed by atoms with Crippen molar-refractivity contribution in [1.82, 2.24) is 15.0 Å². The zero-order valence-electron chi connectivity index (χ0n) is 27.9. The van der Waals surface area contributed by atoms with Crippen LogP contribution in [0.25, 0.3) is 10.8 Å². The molecule has 1 aromatic heterocycles. The number of carboxylic acid groups (broad SMARTS) is 2. The highest BCUT2D eigenvalue weighted by molar-refractivity contribution is 7.86. The number of benzene rings is 4. The molecule has 0 bridgehead atoms. The zero-order chi connectivity index (χ0) is 40.8. The fourth-order valence-corrected chi connectivity index (χ4v) is 7.22. The van der Waals surface area contributed by atoms with E-state index in [4.69, 9.17) is 4.74 Å². The van der Waals surface area contributed by atoms with Crippen LogP contribution in [-0.4, -0.2) is 88.2 Å². The number of nitrogens with one attached hydrogen (secondary N) is 2. The first-order chi connectivity index (χ1) is 25.5. The number of carbonyl (C=O) groups is 2. The summed E-state index contributed by atoms with van der Waals surface area (Å²) in [6.45, 7) is 3.09. The fraction of sp³-hybridized carbons (Fsp3) is 0.100. The van der Waals surface area contributed by atoms with Crippen LogP contribution in [0, 0.1) is 13.8 Å². The molecule has 0 atom stereocenters. The van der Waals surface area contributed by atoms with E-state index in [-0.39, 0.29) is 5.69 Å². The van der Waals surface area contributed by atoms with Crippen LogP contribution in [0.15, 0.2) is 73.4 Å². The molecule has 1 heterocycles. The minimum Gasteiger partial charge on any atom is -0.505 e.